The maximum Gasteiger partial charge on any atom is 0.261 e. The highest BCUT2D eigenvalue weighted by atomic mass is 16.5. The summed E-state index contributed by atoms with van der Waals surface area (Å²) < 4.78 is 4.99. The fraction of sp³-hybridized carbons (Fsp3) is 0.348. The number of carbonyl (C=O) groups excluding carboxylic acids is 4. The number of aromatic nitrogens is 1. The minimum Gasteiger partial charge on any atom is -0.385 e. The molecule has 0 atom stereocenters. The van der Waals surface area contributed by atoms with Gasteiger partial charge in [0.2, 0.25) is 0 Å². The number of nitrogens with zero attached hydrogens (tertiary/aromatic N) is 4. The van der Waals surface area contributed by atoms with Crippen LogP contribution in [-0.2, 0) is 4.74 Å². The van der Waals surface area contributed by atoms with E-state index in [0.29, 0.717) is 55.9 Å². The predicted molar refractivity (Wildman–Crippen MR) is 114 cm³/mol. The van der Waals surface area contributed by atoms with Crippen molar-refractivity contribution in [3.05, 3.63) is 65.0 Å². The van der Waals surface area contributed by atoms with E-state index in [4.69, 9.17) is 4.74 Å². The molecule has 0 radical (unpaired) electrons. The third-order valence-corrected chi connectivity index (χ3v) is 5.73. The van der Waals surface area contributed by atoms with Crippen molar-refractivity contribution in [2.75, 3.05) is 46.4 Å². The van der Waals surface area contributed by atoms with Gasteiger partial charge in [-0.05, 0) is 36.8 Å². The van der Waals surface area contributed by atoms with Crippen molar-refractivity contribution >= 4 is 23.6 Å². The second kappa shape index (κ2) is 9.27. The number of ether oxygens (including phenoxy) is 1. The Balaban J connectivity index is 1.41. The van der Waals surface area contributed by atoms with Gasteiger partial charge in [-0.25, -0.2) is 0 Å². The molecule has 2 aromatic rings. The SMILES string of the molecule is COCCCN1C(=O)c2ccc(C(=O)N3CCN(C(=O)c4ccncc4)CC3)cc2C1=O. The first-order valence-corrected chi connectivity index (χ1v) is 10.5. The normalized spacial score (nSPS) is 15.8. The number of benzene rings is 1. The van der Waals surface area contributed by atoms with Gasteiger partial charge in [-0.3, -0.25) is 29.1 Å². The number of piperazine rings is 1. The second-order valence-electron chi connectivity index (χ2n) is 7.69. The summed E-state index contributed by atoms with van der Waals surface area (Å²) in [4.78, 5) is 59.3. The molecule has 0 spiro atoms. The average Bonchev–Trinajstić information content (AvgIpc) is 3.08. The first kappa shape index (κ1) is 21.6. The summed E-state index contributed by atoms with van der Waals surface area (Å²) in [7, 11) is 1.56. The number of hydrogen-bond acceptors (Lipinski definition) is 6. The number of carbonyl (C=O) groups is 4. The van der Waals surface area contributed by atoms with Crippen molar-refractivity contribution in [2.45, 2.75) is 6.42 Å². The molecular weight excluding hydrogens is 412 g/mol. The first-order chi connectivity index (χ1) is 15.5. The van der Waals surface area contributed by atoms with Crippen molar-refractivity contribution in [1.29, 1.82) is 0 Å². The molecule has 2 aliphatic heterocycles. The molecule has 4 amide bonds. The van der Waals surface area contributed by atoms with Crippen molar-refractivity contribution in [1.82, 2.24) is 19.7 Å². The fourth-order valence-electron chi connectivity index (χ4n) is 3.97. The van der Waals surface area contributed by atoms with Gasteiger partial charge in [0.25, 0.3) is 23.6 Å². The Morgan fingerprint density at radius 1 is 0.875 bits per heavy atom. The third kappa shape index (κ3) is 4.11. The number of fused-ring (bicyclic) bond motifs is 1. The fourth-order valence-corrected chi connectivity index (χ4v) is 3.97. The maximum absolute atomic E-state index is 13.0. The molecule has 3 heterocycles. The molecule has 2 aliphatic rings. The number of imide groups is 1. The lowest BCUT2D eigenvalue weighted by Crippen LogP contribution is -2.50. The summed E-state index contributed by atoms with van der Waals surface area (Å²) in [5, 5.41) is 0. The molecule has 4 rings (SSSR count). The highest BCUT2D eigenvalue weighted by molar-refractivity contribution is 6.22. The molecule has 0 saturated carbocycles. The standard InChI is InChI=1S/C23H24N4O5/c1-32-14-2-9-27-22(30)18-4-3-17(15-19(18)23(27)31)21(29)26-12-10-25(11-13-26)20(28)16-5-7-24-8-6-16/h3-8,15H,2,9-14H2,1H3. The summed E-state index contributed by atoms with van der Waals surface area (Å²) in [6.07, 6.45) is 3.70. The van der Waals surface area contributed by atoms with Crippen LogP contribution in [-0.4, -0.2) is 89.8 Å². The topological polar surface area (TPSA) is 100 Å². The number of methoxy groups -OCH3 is 1. The molecule has 1 fully saturated rings. The van der Waals surface area contributed by atoms with Gasteiger partial charge in [-0.1, -0.05) is 0 Å². The van der Waals surface area contributed by atoms with Gasteiger partial charge in [0.1, 0.15) is 0 Å². The molecular formula is C23H24N4O5. The Morgan fingerprint density at radius 3 is 2.09 bits per heavy atom. The lowest BCUT2D eigenvalue weighted by atomic mass is 10.0. The van der Waals surface area contributed by atoms with Crippen LogP contribution in [0.4, 0.5) is 0 Å². The summed E-state index contributed by atoms with van der Waals surface area (Å²) in [6.45, 7) is 2.35. The van der Waals surface area contributed by atoms with Gasteiger partial charge < -0.3 is 14.5 Å². The quantitative estimate of drug-likeness (QED) is 0.500. The number of pyridine rings is 1. The predicted octanol–water partition coefficient (Wildman–Crippen LogP) is 1.31. The lowest BCUT2D eigenvalue weighted by molar-refractivity contribution is 0.0535. The van der Waals surface area contributed by atoms with Gasteiger partial charge in [-0.15, -0.1) is 0 Å². The van der Waals surface area contributed by atoms with E-state index in [9.17, 15) is 19.2 Å². The van der Waals surface area contributed by atoms with E-state index < -0.39 is 0 Å². The zero-order valence-electron chi connectivity index (χ0n) is 17.8. The van der Waals surface area contributed by atoms with Crippen LogP contribution in [0, 0.1) is 0 Å². The zero-order chi connectivity index (χ0) is 22.7. The molecule has 1 aromatic carbocycles. The number of rotatable bonds is 6. The Kier molecular flexibility index (Phi) is 6.27. The zero-order valence-corrected chi connectivity index (χ0v) is 17.8. The van der Waals surface area contributed by atoms with Crippen molar-refractivity contribution in [3.8, 4) is 0 Å². The molecule has 1 saturated heterocycles. The summed E-state index contributed by atoms with van der Waals surface area (Å²) >= 11 is 0. The van der Waals surface area contributed by atoms with E-state index >= 15 is 0 Å². The van der Waals surface area contributed by atoms with Crippen LogP contribution in [0.2, 0.25) is 0 Å². The number of amides is 4. The van der Waals surface area contributed by atoms with Crippen LogP contribution in [0.5, 0.6) is 0 Å². The Morgan fingerprint density at radius 2 is 1.47 bits per heavy atom. The molecule has 0 bridgehead atoms. The van der Waals surface area contributed by atoms with Gasteiger partial charge in [0.15, 0.2) is 0 Å². The van der Waals surface area contributed by atoms with Gasteiger partial charge >= 0.3 is 0 Å². The molecule has 0 N–H and O–H groups in total. The Hall–Kier alpha value is -3.59. The van der Waals surface area contributed by atoms with E-state index in [1.54, 1.807) is 53.6 Å². The van der Waals surface area contributed by atoms with E-state index in [2.05, 4.69) is 4.98 Å². The van der Waals surface area contributed by atoms with Crippen LogP contribution in [0.15, 0.2) is 42.7 Å². The molecule has 0 unspecified atom stereocenters. The largest absolute Gasteiger partial charge is 0.385 e. The van der Waals surface area contributed by atoms with Crippen molar-refractivity contribution in [2.24, 2.45) is 0 Å². The second-order valence-corrected chi connectivity index (χ2v) is 7.69. The minimum absolute atomic E-state index is 0.0882. The highest BCUT2D eigenvalue weighted by Crippen LogP contribution is 2.25. The van der Waals surface area contributed by atoms with Gasteiger partial charge in [-0.2, -0.15) is 0 Å². The van der Waals surface area contributed by atoms with Crippen LogP contribution in [0.1, 0.15) is 47.9 Å². The smallest absolute Gasteiger partial charge is 0.261 e. The lowest BCUT2D eigenvalue weighted by Gasteiger charge is -2.34. The molecule has 0 aliphatic carbocycles. The van der Waals surface area contributed by atoms with Gasteiger partial charge in [0, 0.05) is 70.0 Å². The molecule has 166 valence electrons. The number of hydrogen-bond donors (Lipinski definition) is 0. The van der Waals surface area contributed by atoms with Crippen LogP contribution in [0.3, 0.4) is 0 Å². The van der Waals surface area contributed by atoms with E-state index in [1.165, 1.54) is 11.0 Å². The Bertz CT molecular complexity index is 1050. The van der Waals surface area contributed by atoms with E-state index in [0.717, 1.165) is 0 Å². The summed E-state index contributed by atoms with van der Waals surface area (Å²) in [5.74, 6) is -1.04. The molecule has 32 heavy (non-hydrogen) atoms. The van der Waals surface area contributed by atoms with E-state index in [-0.39, 0.29) is 35.7 Å². The monoisotopic (exact) mass is 436 g/mol. The van der Waals surface area contributed by atoms with Crippen molar-refractivity contribution < 1.29 is 23.9 Å². The average molecular weight is 436 g/mol. The molecule has 1 aromatic heterocycles. The highest BCUT2D eigenvalue weighted by Gasteiger charge is 2.36. The van der Waals surface area contributed by atoms with Crippen molar-refractivity contribution in [3.63, 3.8) is 0 Å². The first-order valence-electron chi connectivity index (χ1n) is 10.5. The van der Waals surface area contributed by atoms with Crippen LogP contribution >= 0.6 is 0 Å². The third-order valence-electron chi connectivity index (χ3n) is 5.73. The van der Waals surface area contributed by atoms with Crippen LogP contribution in [0.25, 0.3) is 0 Å². The summed E-state index contributed by atoms with van der Waals surface area (Å²) in [5.41, 5.74) is 1.50. The molecule has 9 heteroatoms. The van der Waals surface area contributed by atoms with Crippen LogP contribution < -0.4 is 0 Å². The maximum atomic E-state index is 13.0. The Labute approximate surface area is 185 Å². The summed E-state index contributed by atoms with van der Waals surface area (Å²) in [6, 6.07) is 7.97. The van der Waals surface area contributed by atoms with Gasteiger partial charge in [0.05, 0.1) is 11.1 Å². The molecule has 9 nitrogen and oxygen atoms in total. The van der Waals surface area contributed by atoms with E-state index in [1.807, 2.05) is 0 Å². The minimum atomic E-state index is -0.386.